The Morgan fingerprint density at radius 1 is 1.36 bits per heavy atom. The molecule has 2 nitrogen and oxygen atoms in total. The van der Waals surface area contributed by atoms with E-state index in [4.69, 9.17) is 0 Å². The van der Waals surface area contributed by atoms with Crippen LogP contribution in [0.4, 0.5) is 0 Å². The molecular formula is C9H15NO. The first-order chi connectivity index (χ1) is 5.43. The van der Waals surface area contributed by atoms with Crippen molar-refractivity contribution >= 4 is 6.29 Å². The molecule has 62 valence electrons. The second-order valence-electron chi connectivity index (χ2n) is 2.99. The van der Waals surface area contributed by atoms with Crippen molar-refractivity contribution < 1.29 is 4.79 Å². The average Bonchev–Trinajstić information content (AvgIpc) is 2.07. The lowest BCUT2D eigenvalue weighted by Gasteiger charge is -2.20. The summed E-state index contributed by atoms with van der Waals surface area (Å²) in [6, 6.07) is 0. The minimum Gasteiger partial charge on any atom is -0.317 e. The van der Waals surface area contributed by atoms with Crippen LogP contribution in [0.5, 0.6) is 0 Å². The quantitative estimate of drug-likeness (QED) is 0.486. The van der Waals surface area contributed by atoms with E-state index in [1.54, 1.807) is 6.08 Å². The minimum absolute atomic E-state index is 0.799. The van der Waals surface area contributed by atoms with Crippen LogP contribution >= 0.6 is 0 Å². The molecule has 0 unspecified atom stereocenters. The highest BCUT2D eigenvalue weighted by atomic mass is 16.1. The summed E-state index contributed by atoms with van der Waals surface area (Å²) in [5.41, 5.74) is 0. The van der Waals surface area contributed by atoms with Gasteiger partial charge in [0.25, 0.3) is 0 Å². The summed E-state index contributed by atoms with van der Waals surface area (Å²) in [6.07, 6.45) is 8.00. The maximum absolute atomic E-state index is 9.95. The molecule has 1 heterocycles. The first-order valence-electron chi connectivity index (χ1n) is 4.24. The molecule has 0 bridgehead atoms. The molecular weight excluding hydrogens is 138 g/mol. The van der Waals surface area contributed by atoms with E-state index in [1.807, 2.05) is 6.08 Å². The molecule has 1 fully saturated rings. The maximum Gasteiger partial charge on any atom is 0.142 e. The number of rotatable bonds is 3. The number of carbonyl (C=O) groups excluding carboxylic acids is 1. The molecule has 0 radical (unpaired) electrons. The number of aldehydes is 1. The zero-order valence-electron chi connectivity index (χ0n) is 6.75. The molecule has 2 heteroatoms. The predicted octanol–water partition coefficient (Wildman–Crippen LogP) is 1.13. The van der Waals surface area contributed by atoms with Crippen molar-refractivity contribution in [3.05, 3.63) is 12.2 Å². The van der Waals surface area contributed by atoms with Gasteiger partial charge < -0.3 is 5.32 Å². The molecule has 0 aliphatic carbocycles. The van der Waals surface area contributed by atoms with E-state index in [0.717, 1.165) is 31.7 Å². The van der Waals surface area contributed by atoms with Crippen molar-refractivity contribution in [2.75, 3.05) is 13.1 Å². The highest BCUT2D eigenvalue weighted by Crippen LogP contribution is 2.15. The molecule has 0 spiro atoms. The lowest BCUT2D eigenvalue weighted by molar-refractivity contribution is -0.104. The van der Waals surface area contributed by atoms with Gasteiger partial charge in [-0.25, -0.2) is 0 Å². The van der Waals surface area contributed by atoms with Gasteiger partial charge >= 0.3 is 0 Å². The monoisotopic (exact) mass is 153 g/mol. The van der Waals surface area contributed by atoms with Gasteiger partial charge in [0.05, 0.1) is 0 Å². The summed E-state index contributed by atoms with van der Waals surface area (Å²) in [6.45, 7) is 2.28. The Balaban J connectivity index is 2.14. The molecule has 1 aliphatic heterocycles. The number of allylic oxidation sites excluding steroid dienone is 2. The largest absolute Gasteiger partial charge is 0.317 e. The number of hydrogen-bond acceptors (Lipinski definition) is 2. The summed E-state index contributed by atoms with van der Waals surface area (Å²) in [7, 11) is 0. The first kappa shape index (κ1) is 8.47. The summed E-state index contributed by atoms with van der Waals surface area (Å²) in [4.78, 5) is 9.95. The van der Waals surface area contributed by atoms with Crippen molar-refractivity contribution in [2.45, 2.75) is 19.3 Å². The lowest BCUT2D eigenvalue weighted by Crippen LogP contribution is -2.27. The van der Waals surface area contributed by atoms with Gasteiger partial charge in [0.1, 0.15) is 6.29 Å². The second-order valence-corrected chi connectivity index (χ2v) is 2.99. The number of carbonyl (C=O) groups is 1. The molecule has 11 heavy (non-hydrogen) atoms. The third kappa shape index (κ3) is 3.33. The summed E-state index contributed by atoms with van der Waals surface area (Å²) < 4.78 is 0. The lowest BCUT2D eigenvalue weighted by atomic mass is 9.95. The van der Waals surface area contributed by atoms with Crippen molar-refractivity contribution in [3.63, 3.8) is 0 Å². The van der Waals surface area contributed by atoms with Crippen LogP contribution in [0.3, 0.4) is 0 Å². The van der Waals surface area contributed by atoms with Crippen molar-refractivity contribution in [3.8, 4) is 0 Å². The van der Waals surface area contributed by atoms with Crippen molar-refractivity contribution in [1.29, 1.82) is 0 Å². The summed E-state index contributed by atoms with van der Waals surface area (Å²) in [5.74, 6) is 0.799. The first-order valence-corrected chi connectivity index (χ1v) is 4.24. The normalized spacial score (nSPS) is 20.7. The Kier molecular flexibility index (Phi) is 3.91. The van der Waals surface area contributed by atoms with Crippen LogP contribution in [0.25, 0.3) is 0 Å². The third-order valence-corrected chi connectivity index (χ3v) is 2.14. The van der Waals surface area contributed by atoms with Gasteiger partial charge in [-0.15, -0.1) is 0 Å². The van der Waals surface area contributed by atoms with E-state index in [-0.39, 0.29) is 0 Å². The molecule has 1 N–H and O–H groups in total. The van der Waals surface area contributed by atoms with Crippen molar-refractivity contribution in [1.82, 2.24) is 5.32 Å². The SMILES string of the molecule is O=C/C=C\CC1CCNCC1. The predicted molar refractivity (Wildman–Crippen MR) is 45.4 cm³/mol. The fraction of sp³-hybridized carbons (Fsp3) is 0.667. The zero-order chi connectivity index (χ0) is 7.94. The van der Waals surface area contributed by atoms with Gasteiger partial charge in [0.2, 0.25) is 0 Å². The number of nitrogens with one attached hydrogen (secondary N) is 1. The Hall–Kier alpha value is -0.630. The average molecular weight is 153 g/mol. The Morgan fingerprint density at radius 3 is 2.73 bits per heavy atom. The van der Waals surface area contributed by atoms with Crippen LogP contribution in [-0.4, -0.2) is 19.4 Å². The maximum atomic E-state index is 9.95. The minimum atomic E-state index is 0.799. The van der Waals surface area contributed by atoms with Crippen LogP contribution in [-0.2, 0) is 4.79 Å². The van der Waals surface area contributed by atoms with Crippen LogP contribution in [0.2, 0.25) is 0 Å². The van der Waals surface area contributed by atoms with Crippen molar-refractivity contribution in [2.24, 2.45) is 5.92 Å². The molecule has 1 aliphatic rings. The van der Waals surface area contributed by atoms with Gasteiger partial charge in [0.15, 0.2) is 0 Å². The highest BCUT2D eigenvalue weighted by Gasteiger charge is 2.10. The van der Waals surface area contributed by atoms with Gasteiger partial charge in [0, 0.05) is 0 Å². The van der Waals surface area contributed by atoms with E-state index < -0.39 is 0 Å². The second kappa shape index (κ2) is 5.08. The van der Waals surface area contributed by atoms with E-state index in [1.165, 1.54) is 12.8 Å². The standard InChI is InChI=1S/C9H15NO/c11-8-2-1-3-9-4-6-10-7-5-9/h1-2,8-10H,3-7H2/b2-1-. The van der Waals surface area contributed by atoms with Crippen LogP contribution in [0, 0.1) is 5.92 Å². The van der Waals surface area contributed by atoms with Crippen LogP contribution in [0.15, 0.2) is 12.2 Å². The van der Waals surface area contributed by atoms with Gasteiger partial charge in [-0.05, 0) is 44.3 Å². The van der Waals surface area contributed by atoms with Gasteiger partial charge in [-0.1, -0.05) is 6.08 Å². The molecule has 0 aromatic heterocycles. The molecule has 0 aromatic carbocycles. The fourth-order valence-electron chi connectivity index (χ4n) is 1.44. The topological polar surface area (TPSA) is 29.1 Å². The molecule has 1 rings (SSSR count). The highest BCUT2D eigenvalue weighted by molar-refractivity contribution is 5.64. The molecule has 0 amide bonds. The number of hydrogen-bond donors (Lipinski definition) is 1. The fourth-order valence-corrected chi connectivity index (χ4v) is 1.44. The molecule has 0 saturated carbocycles. The Labute approximate surface area is 67.7 Å². The molecule has 0 atom stereocenters. The summed E-state index contributed by atoms with van der Waals surface area (Å²) in [5, 5.41) is 3.31. The van der Waals surface area contributed by atoms with E-state index in [2.05, 4.69) is 5.32 Å². The number of piperidine rings is 1. The van der Waals surface area contributed by atoms with Crippen LogP contribution < -0.4 is 5.32 Å². The Bertz CT molecular complexity index is 136. The third-order valence-electron chi connectivity index (χ3n) is 2.14. The van der Waals surface area contributed by atoms with E-state index >= 15 is 0 Å². The molecule has 1 saturated heterocycles. The molecule has 0 aromatic rings. The van der Waals surface area contributed by atoms with Gasteiger partial charge in [-0.2, -0.15) is 0 Å². The summed E-state index contributed by atoms with van der Waals surface area (Å²) >= 11 is 0. The van der Waals surface area contributed by atoms with E-state index in [0.29, 0.717) is 0 Å². The van der Waals surface area contributed by atoms with Gasteiger partial charge in [-0.3, -0.25) is 4.79 Å². The smallest absolute Gasteiger partial charge is 0.142 e. The van der Waals surface area contributed by atoms with E-state index in [9.17, 15) is 4.79 Å². The zero-order valence-corrected chi connectivity index (χ0v) is 6.75. The Morgan fingerprint density at radius 2 is 2.09 bits per heavy atom. The van der Waals surface area contributed by atoms with Crippen LogP contribution in [0.1, 0.15) is 19.3 Å².